The Kier molecular flexibility index (Phi) is 6.11. The highest BCUT2D eigenvalue weighted by Crippen LogP contribution is 2.26. The Morgan fingerprint density at radius 1 is 1.36 bits per heavy atom. The molecular weight excluding hydrogens is 364 g/mol. The summed E-state index contributed by atoms with van der Waals surface area (Å²) in [6, 6.07) is 7.48. The number of nitrogens with one attached hydrogen (secondary N) is 1. The van der Waals surface area contributed by atoms with Gasteiger partial charge in [0, 0.05) is 27.7 Å². The lowest BCUT2D eigenvalue weighted by Gasteiger charge is -2.15. The first-order valence-electron chi connectivity index (χ1n) is 7.12. The van der Waals surface area contributed by atoms with E-state index in [0.29, 0.717) is 18.9 Å². The molecule has 0 saturated carbocycles. The van der Waals surface area contributed by atoms with Crippen molar-refractivity contribution in [3.8, 4) is 10.6 Å². The highest BCUT2D eigenvalue weighted by atomic mass is 79.9. The molecule has 2 rings (SSSR count). The molecule has 0 saturated heterocycles. The summed E-state index contributed by atoms with van der Waals surface area (Å²) >= 11 is 5.00. The van der Waals surface area contributed by atoms with Crippen LogP contribution in [0.4, 0.5) is 0 Å². The first-order valence-corrected chi connectivity index (χ1v) is 8.73. The van der Waals surface area contributed by atoms with E-state index in [0.717, 1.165) is 19.9 Å². The lowest BCUT2D eigenvalue weighted by molar-refractivity contribution is -0.140. The molecule has 22 heavy (non-hydrogen) atoms. The number of halogens is 1. The summed E-state index contributed by atoms with van der Waals surface area (Å²) in [5.74, 6) is -0.459. The minimum Gasteiger partial charge on any atom is -0.480 e. The molecule has 1 aromatic carbocycles. The topological polar surface area (TPSA) is 62.2 Å². The van der Waals surface area contributed by atoms with Gasteiger partial charge in [-0.05, 0) is 24.5 Å². The number of carboxylic acid groups (broad SMARTS) is 1. The number of hydrogen-bond acceptors (Lipinski definition) is 4. The zero-order valence-corrected chi connectivity index (χ0v) is 14.9. The summed E-state index contributed by atoms with van der Waals surface area (Å²) < 4.78 is 1.03. The largest absolute Gasteiger partial charge is 0.480 e. The van der Waals surface area contributed by atoms with Crippen LogP contribution in [0.25, 0.3) is 10.6 Å². The van der Waals surface area contributed by atoms with Crippen molar-refractivity contribution in [2.75, 3.05) is 0 Å². The van der Waals surface area contributed by atoms with E-state index in [2.05, 4.69) is 26.2 Å². The van der Waals surface area contributed by atoms with Crippen LogP contribution in [0.2, 0.25) is 0 Å². The summed E-state index contributed by atoms with van der Waals surface area (Å²) in [4.78, 5) is 16.7. The minimum absolute atomic E-state index is 0.341. The molecule has 1 aromatic heterocycles. The molecule has 118 valence electrons. The zero-order chi connectivity index (χ0) is 16.1. The zero-order valence-electron chi connectivity index (χ0n) is 12.5. The second-order valence-electron chi connectivity index (χ2n) is 5.54. The Balaban J connectivity index is 1.99. The van der Waals surface area contributed by atoms with E-state index in [1.54, 1.807) is 11.3 Å². The average molecular weight is 383 g/mol. The SMILES string of the molecule is CC(C)CC(NCc1cnc(-c2ccc(Br)cc2)s1)C(=O)O. The number of carboxylic acids is 1. The van der Waals surface area contributed by atoms with Crippen LogP contribution in [-0.4, -0.2) is 22.1 Å². The number of carbonyl (C=O) groups is 1. The van der Waals surface area contributed by atoms with Gasteiger partial charge in [-0.15, -0.1) is 11.3 Å². The van der Waals surface area contributed by atoms with Gasteiger partial charge in [0.15, 0.2) is 0 Å². The van der Waals surface area contributed by atoms with E-state index in [1.165, 1.54) is 0 Å². The standard InChI is InChI=1S/C16H19BrN2O2S/c1-10(2)7-14(16(20)21)18-8-13-9-19-15(22-13)11-3-5-12(17)6-4-11/h3-6,9-10,14,18H,7-8H2,1-2H3,(H,20,21). The average Bonchev–Trinajstić information content (AvgIpc) is 2.92. The van der Waals surface area contributed by atoms with Crippen LogP contribution in [0.15, 0.2) is 34.9 Å². The number of aromatic nitrogens is 1. The molecule has 1 atom stereocenters. The lowest BCUT2D eigenvalue weighted by atomic mass is 10.0. The van der Waals surface area contributed by atoms with Crippen molar-refractivity contribution in [2.45, 2.75) is 32.9 Å². The Labute approximate surface area is 142 Å². The monoisotopic (exact) mass is 382 g/mol. The van der Waals surface area contributed by atoms with Crippen molar-refractivity contribution in [3.63, 3.8) is 0 Å². The molecule has 0 radical (unpaired) electrons. The molecule has 6 heteroatoms. The first-order chi connectivity index (χ1) is 10.5. The number of thiazole rings is 1. The van der Waals surface area contributed by atoms with Crippen molar-refractivity contribution in [2.24, 2.45) is 5.92 Å². The maximum Gasteiger partial charge on any atom is 0.320 e. The maximum absolute atomic E-state index is 11.2. The van der Waals surface area contributed by atoms with Gasteiger partial charge in [0.1, 0.15) is 11.0 Å². The number of hydrogen-bond donors (Lipinski definition) is 2. The van der Waals surface area contributed by atoms with Gasteiger partial charge in [-0.2, -0.15) is 0 Å². The van der Waals surface area contributed by atoms with Crippen LogP contribution in [0.5, 0.6) is 0 Å². The number of benzene rings is 1. The van der Waals surface area contributed by atoms with Crippen molar-refractivity contribution in [1.82, 2.24) is 10.3 Å². The molecule has 2 aromatic rings. The Morgan fingerprint density at radius 2 is 2.05 bits per heavy atom. The molecule has 4 nitrogen and oxygen atoms in total. The molecule has 0 aliphatic heterocycles. The van der Waals surface area contributed by atoms with Gasteiger partial charge in [-0.25, -0.2) is 4.98 Å². The number of rotatable bonds is 7. The third-order valence-electron chi connectivity index (χ3n) is 3.17. The van der Waals surface area contributed by atoms with Crippen LogP contribution in [0, 0.1) is 5.92 Å². The van der Waals surface area contributed by atoms with E-state index >= 15 is 0 Å². The van der Waals surface area contributed by atoms with E-state index in [-0.39, 0.29) is 0 Å². The molecule has 1 unspecified atom stereocenters. The predicted molar refractivity (Wildman–Crippen MR) is 93.0 cm³/mol. The summed E-state index contributed by atoms with van der Waals surface area (Å²) in [6.45, 7) is 4.57. The molecule has 0 amide bonds. The van der Waals surface area contributed by atoms with Gasteiger partial charge in [0.05, 0.1) is 0 Å². The van der Waals surface area contributed by atoms with Crippen molar-refractivity contribution in [3.05, 3.63) is 39.8 Å². The summed E-state index contributed by atoms with van der Waals surface area (Å²) in [5.41, 5.74) is 1.07. The van der Waals surface area contributed by atoms with E-state index in [1.807, 2.05) is 44.3 Å². The molecule has 0 spiro atoms. The molecule has 0 aliphatic rings. The summed E-state index contributed by atoms with van der Waals surface area (Å²) in [5, 5.41) is 13.3. The fraction of sp³-hybridized carbons (Fsp3) is 0.375. The van der Waals surface area contributed by atoms with E-state index < -0.39 is 12.0 Å². The van der Waals surface area contributed by atoms with Gasteiger partial charge >= 0.3 is 5.97 Å². The van der Waals surface area contributed by atoms with E-state index in [4.69, 9.17) is 0 Å². The van der Waals surface area contributed by atoms with Crippen molar-refractivity contribution in [1.29, 1.82) is 0 Å². The third kappa shape index (κ3) is 4.90. The molecule has 2 N–H and O–H groups in total. The second kappa shape index (κ2) is 7.85. The van der Waals surface area contributed by atoms with Crippen LogP contribution in [0.1, 0.15) is 25.1 Å². The highest BCUT2D eigenvalue weighted by Gasteiger charge is 2.18. The molecule has 1 heterocycles. The fourth-order valence-electron chi connectivity index (χ4n) is 2.08. The first kappa shape index (κ1) is 17.1. The Morgan fingerprint density at radius 3 is 2.64 bits per heavy atom. The van der Waals surface area contributed by atoms with Gasteiger partial charge in [0.2, 0.25) is 0 Å². The smallest absolute Gasteiger partial charge is 0.320 e. The third-order valence-corrected chi connectivity index (χ3v) is 4.75. The summed E-state index contributed by atoms with van der Waals surface area (Å²) in [6.07, 6.45) is 2.43. The summed E-state index contributed by atoms with van der Waals surface area (Å²) in [7, 11) is 0. The maximum atomic E-state index is 11.2. The second-order valence-corrected chi connectivity index (χ2v) is 7.57. The van der Waals surface area contributed by atoms with Crippen molar-refractivity contribution >= 4 is 33.2 Å². The predicted octanol–water partition coefficient (Wildman–Crippen LogP) is 4.16. The van der Waals surface area contributed by atoms with Crippen LogP contribution >= 0.6 is 27.3 Å². The van der Waals surface area contributed by atoms with Crippen LogP contribution in [-0.2, 0) is 11.3 Å². The molecule has 0 aliphatic carbocycles. The van der Waals surface area contributed by atoms with Gasteiger partial charge in [-0.1, -0.05) is 41.9 Å². The van der Waals surface area contributed by atoms with Gasteiger partial charge in [0.25, 0.3) is 0 Å². The van der Waals surface area contributed by atoms with E-state index in [9.17, 15) is 9.90 Å². The van der Waals surface area contributed by atoms with Crippen LogP contribution < -0.4 is 5.32 Å². The Bertz CT molecular complexity index is 625. The Hall–Kier alpha value is -1.24. The van der Waals surface area contributed by atoms with Crippen molar-refractivity contribution < 1.29 is 9.90 Å². The molecule has 0 fully saturated rings. The quantitative estimate of drug-likeness (QED) is 0.754. The molecule has 0 bridgehead atoms. The fourth-order valence-corrected chi connectivity index (χ4v) is 3.21. The lowest BCUT2D eigenvalue weighted by Crippen LogP contribution is -2.37. The minimum atomic E-state index is -0.800. The van der Waals surface area contributed by atoms with Crippen LogP contribution in [0.3, 0.4) is 0 Å². The normalized spacial score (nSPS) is 12.5. The number of nitrogens with zero attached hydrogens (tertiary/aromatic N) is 1. The number of aliphatic carboxylic acids is 1. The molecular formula is C16H19BrN2O2S. The van der Waals surface area contributed by atoms with Gasteiger partial charge in [-0.3, -0.25) is 10.1 Å². The highest BCUT2D eigenvalue weighted by molar-refractivity contribution is 9.10. The van der Waals surface area contributed by atoms with Gasteiger partial charge < -0.3 is 5.11 Å².